The highest BCUT2D eigenvalue weighted by Gasteiger charge is 2.14. The van der Waals surface area contributed by atoms with Gasteiger partial charge in [-0.15, -0.1) is 0 Å². The summed E-state index contributed by atoms with van der Waals surface area (Å²) in [4.78, 5) is 0. The maximum atomic E-state index is 6.55. The van der Waals surface area contributed by atoms with E-state index < -0.39 is 0 Å². The molecule has 3 rings (SSSR count). The van der Waals surface area contributed by atoms with Crippen LogP contribution in [-0.2, 0) is 13.2 Å². The van der Waals surface area contributed by atoms with Crippen LogP contribution in [0, 0.1) is 0 Å². The molecule has 1 aliphatic rings. The summed E-state index contributed by atoms with van der Waals surface area (Å²) in [5.41, 5.74) is 1.94. The van der Waals surface area contributed by atoms with Crippen LogP contribution in [0.15, 0.2) is 30.3 Å². The van der Waals surface area contributed by atoms with Gasteiger partial charge in [0, 0.05) is 23.7 Å². The maximum Gasteiger partial charge on any atom is 0.163 e. The summed E-state index contributed by atoms with van der Waals surface area (Å²) in [5, 5.41) is 5.39. The normalized spacial score (nSPS) is 15.6. The van der Waals surface area contributed by atoms with Gasteiger partial charge in [-0.05, 0) is 42.2 Å². The lowest BCUT2D eigenvalue weighted by Crippen LogP contribution is -2.29. The van der Waals surface area contributed by atoms with E-state index in [1.807, 2.05) is 18.2 Å². The van der Waals surface area contributed by atoms with Crippen molar-refractivity contribution in [2.75, 3.05) is 7.11 Å². The zero-order chi connectivity index (χ0) is 20.6. The number of halogens is 3. The van der Waals surface area contributed by atoms with Crippen molar-refractivity contribution in [3.63, 3.8) is 0 Å². The minimum atomic E-state index is 0.350. The summed E-state index contributed by atoms with van der Waals surface area (Å²) in [6.45, 7) is 1.08. The van der Waals surface area contributed by atoms with Gasteiger partial charge in [0.1, 0.15) is 6.61 Å². The molecule has 0 radical (unpaired) electrons. The van der Waals surface area contributed by atoms with Gasteiger partial charge in [-0.1, -0.05) is 73.0 Å². The molecule has 0 aliphatic heterocycles. The number of methoxy groups -OCH3 is 1. The number of hydrogen-bond donors (Lipinski definition) is 1. The average Bonchev–Trinajstić information content (AvgIpc) is 2.69. The maximum absolute atomic E-state index is 6.55. The van der Waals surface area contributed by atoms with Gasteiger partial charge >= 0.3 is 0 Å². The van der Waals surface area contributed by atoms with E-state index in [1.54, 1.807) is 19.2 Å². The van der Waals surface area contributed by atoms with Crippen LogP contribution < -0.4 is 14.8 Å². The Morgan fingerprint density at radius 2 is 1.59 bits per heavy atom. The van der Waals surface area contributed by atoms with Crippen LogP contribution in [0.1, 0.15) is 56.1 Å². The first-order valence-corrected chi connectivity index (χ1v) is 11.4. The van der Waals surface area contributed by atoms with E-state index in [-0.39, 0.29) is 0 Å². The van der Waals surface area contributed by atoms with Gasteiger partial charge < -0.3 is 14.8 Å². The molecule has 0 unspecified atom stereocenters. The van der Waals surface area contributed by atoms with Gasteiger partial charge in [0.2, 0.25) is 0 Å². The molecule has 1 fully saturated rings. The lowest BCUT2D eigenvalue weighted by molar-refractivity contribution is 0.284. The van der Waals surface area contributed by atoms with E-state index in [9.17, 15) is 0 Å². The minimum Gasteiger partial charge on any atom is -0.493 e. The fraction of sp³-hybridized carbons (Fsp3) is 0.478. The molecule has 29 heavy (non-hydrogen) atoms. The Labute approximate surface area is 188 Å². The monoisotopic (exact) mass is 455 g/mol. The van der Waals surface area contributed by atoms with Gasteiger partial charge in [-0.3, -0.25) is 0 Å². The molecule has 2 aromatic rings. The quantitative estimate of drug-likeness (QED) is 0.469. The lowest BCUT2D eigenvalue weighted by Gasteiger charge is -2.22. The molecule has 1 saturated carbocycles. The SMILES string of the molecule is COc1cc(CNC2CCCCCCC2)c(Cl)cc1OCc1ccc(Cl)c(Cl)c1. The van der Waals surface area contributed by atoms with E-state index >= 15 is 0 Å². The van der Waals surface area contributed by atoms with Gasteiger partial charge in [0.15, 0.2) is 11.5 Å². The number of nitrogens with one attached hydrogen (secondary N) is 1. The largest absolute Gasteiger partial charge is 0.493 e. The number of benzene rings is 2. The van der Waals surface area contributed by atoms with Crippen molar-refractivity contribution in [2.45, 2.75) is 64.1 Å². The fourth-order valence-corrected chi connectivity index (χ4v) is 4.23. The number of rotatable bonds is 7. The predicted molar refractivity (Wildman–Crippen MR) is 122 cm³/mol. The van der Waals surface area contributed by atoms with Crippen molar-refractivity contribution in [1.82, 2.24) is 5.32 Å². The summed E-state index contributed by atoms with van der Waals surface area (Å²) >= 11 is 18.6. The molecular formula is C23H28Cl3NO2. The fourth-order valence-electron chi connectivity index (χ4n) is 3.69. The summed E-state index contributed by atoms with van der Waals surface area (Å²) in [6, 6.07) is 9.79. The summed E-state index contributed by atoms with van der Waals surface area (Å²) in [6.07, 6.45) is 9.14. The van der Waals surface area contributed by atoms with Crippen LogP contribution in [-0.4, -0.2) is 13.2 Å². The zero-order valence-corrected chi connectivity index (χ0v) is 19.0. The molecule has 0 saturated heterocycles. The Kier molecular flexibility index (Phi) is 8.80. The van der Waals surface area contributed by atoms with Gasteiger partial charge in [0.25, 0.3) is 0 Å². The smallest absolute Gasteiger partial charge is 0.163 e. The van der Waals surface area contributed by atoms with Crippen molar-refractivity contribution in [3.05, 3.63) is 56.5 Å². The second-order valence-corrected chi connectivity index (χ2v) is 8.78. The van der Waals surface area contributed by atoms with E-state index in [2.05, 4.69) is 5.32 Å². The molecular weight excluding hydrogens is 429 g/mol. The van der Waals surface area contributed by atoms with Gasteiger partial charge in [-0.2, -0.15) is 0 Å². The highest BCUT2D eigenvalue weighted by Crippen LogP contribution is 2.34. The molecule has 0 heterocycles. The van der Waals surface area contributed by atoms with Crippen LogP contribution in [0.25, 0.3) is 0 Å². The first-order valence-electron chi connectivity index (χ1n) is 10.2. The van der Waals surface area contributed by atoms with Crippen molar-refractivity contribution < 1.29 is 9.47 Å². The Balaban J connectivity index is 1.64. The molecule has 158 valence electrons. The predicted octanol–water partition coefficient (Wildman–Crippen LogP) is 7.44. The van der Waals surface area contributed by atoms with Crippen LogP contribution in [0.2, 0.25) is 15.1 Å². The Morgan fingerprint density at radius 1 is 0.862 bits per heavy atom. The first kappa shape index (κ1) is 22.6. The zero-order valence-electron chi connectivity index (χ0n) is 16.8. The van der Waals surface area contributed by atoms with Gasteiger partial charge in [-0.25, -0.2) is 0 Å². The molecule has 0 amide bonds. The first-order chi connectivity index (χ1) is 14.1. The Hall–Kier alpha value is -1.13. The number of ether oxygens (including phenoxy) is 2. The van der Waals surface area contributed by atoms with E-state index in [1.165, 1.54) is 44.9 Å². The van der Waals surface area contributed by atoms with Crippen molar-refractivity contribution in [3.8, 4) is 11.5 Å². The highest BCUT2D eigenvalue weighted by molar-refractivity contribution is 6.42. The van der Waals surface area contributed by atoms with Crippen LogP contribution in [0.4, 0.5) is 0 Å². The Bertz CT molecular complexity index is 805. The summed E-state index contributed by atoms with van der Waals surface area (Å²) in [7, 11) is 1.64. The third kappa shape index (κ3) is 6.68. The lowest BCUT2D eigenvalue weighted by atomic mass is 9.96. The van der Waals surface area contributed by atoms with Crippen molar-refractivity contribution >= 4 is 34.8 Å². The molecule has 2 aromatic carbocycles. The molecule has 0 spiro atoms. The van der Waals surface area contributed by atoms with Gasteiger partial charge in [0.05, 0.1) is 17.2 Å². The Morgan fingerprint density at radius 3 is 2.28 bits per heavy atom. The van der Waals surface area contributed by atoms with Crippen molar-refractivity contribution in [1.29, 1.82) is 0 Å². The molecule has 3 nitrogen and oxygen atoms in total. The third-order valence-corrected chi connectivity index (χ3v) is 6.49. The van der Waals surface area contributed by atoms with E-state index in [4.69, 9.17) is 44.3 Å². The molecule has 0 aromatic heterocycles. The summed E-state index contributed by atoms with van der Waals surface area (Å²) in [5.74, 6) is 1.28. The topological polar surface area (TPSA) is 30.5 Å². The second-order valence-electron chi connectivity index (χ2n) is 7.55. The van der Waals surface area contributed by atoms with Crippen LogP contribution in [0.3, 0.4) is 0 Å². The number of hydrogen-bond acceptors (Lipinski definition) is 3. The minimum absolute atomic E-state index is 0.350. The second kappa shape index (κ2) is 11.3. The highest BCUT2D eigenvalue weighted by atomic mass is 35.5. The molecule has 6 heteroatoms. The van der Waals surface area contributed by atoms with Crippen LogP contribution in [0.5, 0.6) is 11.5 Å². The molecule has 1 aliphatic carbocycles. The standard InChI is InChI=1S/C23H28Cl3NO2/c1-28-22-12-17(14-27-18-7-5-3-2-4-6-8-18)20(25)13-23(22)29-15-16-9-10-19(24)21(26)11-16/h9-13,18,27H,2-8,14-15H2,1H3. The molecule has 0 bridgehead atoms. The molecule has 0 atom stereocenters. The van der Waals surface area contributed by atoms with Crippen LogP contribution >= 0.6 is 34.8 Å². The molecule has 1 N–H and O–H groups in total. The third-order valence-electron chi connectivity index (χ3n) is 5.40. The average molecular weight is 457 g/mol. The van der Waals surface area contributed by atoms with E-state index in [0.29, 0.717) is 39.2 Å². The van der Waals surface area contributed by atoms with E-state index in [0.717, 1.165) is 17.7 Å². The summed E-state index contributed by atoms with van der Waals surface area (Å²) < 4.78 is 11.5. The van der Waals surface area contributed by atoms with Crippen molar-refractivity contribution in [2.24, 2.45) is 0 Å².